The Morgan fingerprint density at radius 2 is 2.35 bits per heavy atom. The van der Waals surface area contributed by atoms with Crippen LogP contribution in [0.25, 0.3) is 10.9 Å². The number of carbonyl (C=O) groups is 1. The number of H-pyrrole nitrogens is 1. The first kappa shape index (κ1) is 11.8. The van der Waals surface area contributed by atoms with Crippen LogP contribution in [-0.2, 0) is 11.2 Å². The van der Waals surface area contributed by atoms with Crippen LogP contribution in [-0.4, -0.2) is 24.7 Å². The summed E-state index contributed by atoms with van der Waals surface area (Å²) in [7, 11) is 1.54. The Balaban J connectivity index is 2.08. The summed E-state index contributed by atoms with van der Waals surface area (Å²) in [5.41, 5.74) is 2.12. The predicted octanol–water partition coefficient (Wildman–Crippen LogP) is 2.72. The van der Waals surface area contributed by atoms with Crippen LogP contribution in [0.5, 0.6) is 0 Å². The van der Waals surface area contributed by atoms with Crippen molar-refractivity contribution < 1.29 is 9.53 Å². The Bertz CT molecular complexity index is 536. The van der Waals surface area contributed by atoms with Gasteiger partial charge in [-0.1, -0.05) is 11.6 Å². The van der Waals surface area contributed by atoms with Gasteiger partial charge in [-0.15, -0.1) is 0 Å². The Kier molecular flexibility index (Phi) is 3.54. The van der Waals surface area contributed by atoms with Crippen LogP contribution < -0.4 is 5.32 Å². The lowest BCUT2D eigenvalue weighted by atomic mass is 10.1. The number of amides is 1. The van der Waals surface area contributed by atoms with Gasteiger partial charge in [0.2, 0.25) is 0 Å². The average molecular weight is 253 g/mol. The number of carbonyl (C=O) groups excluding carboxylic acids is 1. The molecular formula is C12H13ClN2O2. The van der Waals surface area contributed by atoms with Crippen LogP contribution in [0, 0.1) is 0 Å². The first-order chi connectivity index (χ1) is 8.20. The number of benzene rings is 1. The van der Waals surface area contributed by atoms with E-state index in [-0.39, 0.29) is 0 Å². The van der Waals surface area contributed by atoms with E-state index in [1.807, 2.05) is 24.4 Å². The number of alkyl carbamates (subject to hydrolysis) is 1. The van der Waals surface area contributed by atoms with E-state index < -0.39 is 6.09 Å². The molecule has 0 unspecified atom stereocenters. The van der Waals surface area contributed by atoms with Gasteiger partial charge in [-0.2, -0.15) is 0 Å². The minimum absolute atomic E-state index is 0.346. The van der Waals surface area contributed by atoms with Gasteiger partial charge in [0, 0.05) is 35.6 Å². The van der Waals surface area contributed by atoms with Gasteiger partial charge in [0.25, 0.3) is 0 Å². The Morgan fingerprint density at radius 3 is 3.12 bits per heavy atom. The lowest BCUT2D eigenvalue weighted by molar-refractivity contribution is 0.150. The third-order valence-corrected chi connectivity index (χ3v) is 2.77. The molecule has 2 N–H and O–H groups in total. The highest BCUT2D eigenvalue weighted by atomic mass is 35.5. The molecule has 0 radical (unpaired) electrons. The molecule has 0 fully saturated rings. The fraction of sp³-hybridized carbons (Fsp3) is 0.250. The molecule has 2 rings (SSSR count). The van der Waals surface area contributed by atoms with E-state index in [9.17, 15) is 4.79 Å². The van der Waals surface area contributed by atoms with Crippen molar-refractivity contribution >= 4 is 28.6 Å². The molecule has 0 saturated carbocycles. The highest BCUT2D eigenvalue weighted by molar-refractivity contribution is 6.31. The number of fused-ring (bicyclic) bond motifs is 1. The molecule has 90 valence electrons. The highest BCUT2D eigenvalue weighted by Gasteiger charge is 2.05. The average Bonchev–Trinajstić information content (AvgIpc) is 2.72. The van der Waals surface area contributed by atoms with Crippen LogP contribution in [0.4, 0.5) is 4.79 Å². The Hall–Kier alpha value is -1.68. The van der Waals surface area contributed by atoms with Crippen molar-refractivity contribution in [2.75, 3.05) is 13.7 Å². The van der Waals surface area contributed by atoms with Gasteiger partial charge in [-0.05, 0) is 23.8 Å². The summed E-state index contributed by atoms with van der Waals surface area (Å²) in [4.78, 5) is 14.0. The topological polar surface area (TPSA) is 54.1 Å². The predicted molar refractivity (Wildman–Crippen MR) is 67.4 cm³/mol. The molecule has 5 heteroatoms. The molecule has 0 saturated heterocycles. The van der Waals surface area contributed by atoms with Gasteiger partial charge in [0.1, 0.15) is 0 Å². The summed E-state index contributed by atoms with van der Waals surface area (Å²) in [5, 5.41) is 4.17. The van der Waals surface area contributed by atoms with E-state index >= 15 is 0 Å². The second kappa shape index (κ2) is 5.10. The zero-order valence-corrected chi connectivity index (χ0v) is 10.2. The van der Waals surface area contributed by atoms with E-state index in [2.05, 4.69) is 10.3 Å². The number of hydrogen-bond acceptors (Lipinski definition) is 2. The second-order valence-electron chi connectivity index (χ2n) is 3.64. The summed E-state index contributed by atoms with van der Waals surface area (Å²) in [6, 6.07) is 5.68. The number of aromatic nitrogens is 1. The van der Waals surface area contributed by atoms with Gasteiger partial charge in [0.15, 0.2) is 0 Å². The van der Waals surface area contributed by atoms with Crippen molar-refractivity contribution in [1.29, 1.82) is 0 Å². The first-order valence-electron chi connectivity index (χ1n) is 5.30. The third-order valence-electron chi connectivity index (χ3n) is 2.54. The molecule has 0 aliphatic heterocycles. The summed E-state index contributed by atoms with van der Waals surface area (Å²) < 4.78 is 4.95. The van der Waals surface area contributed by atoms with Crippen LogP contribution in [0.15, 0.2) is 24.4 Å². The number of ether oxygens (including phenoxy) is 1. The second-order valence-corrected chi connectivity index (χ2v) is 4.08. The molecular weight excluding hydrogens is 240 g/mol. The van der Waals surface area contributed by atoms with Crippen LogP contribution in [0.3, 0.4) is 0 Å². The smallest absolute Gasteiger partial charge is 0.406 e. The molecule has 1 aromatic carbocycles. The van der Waals surface area contributed by atoms with Crippen molar-refractivity contribution in [3.8, 4) is 0 Å². The largest absolute Gasteiger partial charge is 0.449 e. The van der Waals surface area contributed by atoms with Crippen LogP contribution >= 0.6 is 11.6 Å². The Labute approximate surface area is 104 Å². The summed E-state index contributed by atoms with van der Waals surface area (Å²) in [6.07, 6.45) is 2.16. The zero-order valence-electron chi connectivity index (χ0n) is 9.42. The fourth-order valence-corrected chi connectivity index (χ4v) is 1.86. The van der Waals surface area contributed by atoms with Gasteiger partial charge < -0.3 is 15.0 Å². The van der Waals surface area contributed by atoms with Crippen molar-refractivity contribution in [3.05, 3.63) is 35.0 Å². The lowest BCUT2D eigenvalue weighted by Crippen LogP contribution is -2.20. The van der Waals surface area contributed by atoms with E-state index in [0.717, 1.165) is 16.5 Å². The molecule has 0 atom stereocenters. The molecule has 17 heavy (non-hydrogen) atoms. The molecule has 0 aliphatic carbocycles. The van der Waals surface area contributed by atoms with Gasteiger partial charge in [-0.3, -0.25) is 0 Å². The SMILES string of the molecule is CNC(=O)OCCc1c[nH]c2ccc(Cl)cc12. The van der Waals surface area contributed by atoms with E-state index in [1.54, 1.807) is 0 Å². The molecule has 1 amide bonds. The van der Waals surface area contributed by atoms with Crippen molar-refractivity contribution in [2.24, 2.45) is 0 Å². The third kappa shape index (κ3) is 2.71. The number of aromatic amines is 1. The van der Waals surface area contributed by atoms with Crippen molar-refractivity contribution in [2.45, 2.75) is 6.42 Å². The zero-order chi connectivity index (χ0) is 12.3. The standard InChI is InChI=1S/C12H13ClN2O2/c1-14-12(16)17-5-4-8-7-15-11-3-2-9(13)6-10(8)11/h2-3,6-7,15H,4-5H2,1H3,(H,14,16). The van der Waals surface area contributed by atoms with Gasteiger partial charge >= 0.3 is 6.09 Å². The van der Waals surface area contributed by atoms with Crippen LogP contribution in [0.1, 0.15) is 5.56 Å². The Morgan fingerprint density at radius 1 is 1.53 bits per heavy atom. The summed E-state index contributed by atoms with van der Waals surface area (Å²) in [6.45, 7) is 0.346. The normalized spacial score (nSPS) is 10.5. The monoisotopic (exact) mass is 252 g/mol. The van der Waals surface area contributed by atoms with E-state index in [0.29, 0.717) is 18.1 Å². The number of rotatable bonds is 3. The highest BCUT2D eigenvalue weighted by Crippen LogP contribution is 2.22. The van der Waals surface area contributed by atoms with Crippen LogP contribution in [0.2, 0.25) is 5.02 Å². The van der Waals surface area contributed by atoms with Crippen molar-refractivity contribution in [3.63, 3.8) is 0 Å². The summed E-state index contributed by atoms with van der Waals surface area (Å²) in [5.74, 6) is 0. The molecule has 1 aromatic heterocycles. The maximum Gasteiger partial charge on any atom is 0.406 e. The van der Waals surface area contributed by atoms with E-state index in [4.69, 9.17) is 16.3 Å². The maximum absolute atomic E-state index is 10.9. The minimum Gasteiger partial charge on any atom is -0.449 e. The molecule has 0 spiro atoms. The molecule has 4 nitrogen and oxygen atoms in total. The minimum atomic E-state index is -0.414. The lowest BCUT2D eigenvalue weighted by Gasteiger charge is -2.03. The number of hydrogen-bond donors (Lipinski definition) is 2. The first-order valence-corrected chi connectivity index (χ1v) is 5.68. The fourth-order valence-electron chi connectivity index (χ4n) is 1.68. The van der Waals surface area contributed by atoms with E-state index in [1.165, 1.54) is 7.05 Å². The molecule has 1 heterocycles. The quantitative estimate of drug-likeness (QED) is 0.883. The van der Waals surface area contributed by atoms with Crippen molar-refractivity contribution in [1.82, 2.24) is 10.3 Å². The summed E-state index contributed by atoms with van der Waals surface area (Å²) >= 11 is 5.95. The molecule has 0 aliphatic rings. The van der Waals surface area contributed by atoms with Gasteiger partial charge in [0.05, 0.1) is 6.61 Å². The molecule has 0 bridgehead atoms. The maximum atomic E-state index is 10.9. The molecule has 2 aromatic rings. The number of nitrogens with one attached hydrogen (secondary N) is 2. The number of halogens is 1. The van der Waals surface area contributed by atoms with Gasteiger partial charge in [-0.25, -0.2) is 4.79 Å².